The van der Waals surface area contributed by atoms with Crippen molar-refractivity contribution in [3.8, 4) is 0 Å². The maximum Gasteiger partial charge on any atom is 0.269 e. The number of thiocarbonyl (C=S) groups is 1. The van der Waals surface area contributed by atoms with Crippen LogP contribution in [0.15, 0.2) is 66.7 Å². The predicted molar refractivity (Wildman–Crippen MR) is 141 cm³/mol. The van der Waals surface area contributed by atoms with Crippen molar-refractivity contribution in [3.63, 3.8) is 0 Å². The van der Waals surface area contributed by atoms with E-state index in [4.69, 9.17) is 47.0 Å². The number of carbonyl (C=O) groups excluding carboxylic acids is 2. The monoisotopic (exact) mass is 533 g/mol. The second-order valence-electron chi connectivity index (χ2n) is 6.84. The van der Waals surface area contributed by atoms with Crippen molar-refractivity contribution < 1.29 is 9.59 Å². The van der Waals surface area contributed by atoms with Gasteiger partial charge in [0, 0.05) is 37.1 Å². The molecule has 0 aliphatic rings. The van der Waals surface area contributed by atoms with Gasteiger partial charge in [-0.25, -0.2) is 0 Å². The first-order valence-electron chi connectivity index (χ1n) is 9.47. The summed E-state index contributed by atoms with van der Waals surface area (Å²) in [4.78, 5) is 25.5. The van der Waals surface area contributed by atoms with Crippen molar-refractivity contribution >= 4 is 96.7 Å². The number of nitrogens with one attached hydrogen (secondary N) is 3. The molecule has 4 aromatic rings. The molecule has 0 atom stereocenters. The summed E-state index contributed by atoms with van der Waals surface area (Å²) in [6.07, 6.45) is 0. The molecule has 0 bridgehead atoms. The highest BCUT2D eigenvalue weighted by Gasteiger charge is 2.18. The Morgan fingerprint density at radius 1 is 0.788 bits per heavy atom. The molecular weight excluding hydrogens is 521 g/mol. The lowest BCUT2D eigenvalue weighted by atomic mass is 10.2. The Kier molecular flexibility index (Phi) is 7.17. The van der Waals surface area contributed by atoms with Crippen LogP contribution >= 0.6 is 58.4 Å². The maximum absolute atomic E-state index is 12.7. The molecule has 33 heavy (non-hydrogen) atoms. The normalized spacial score (nSPS) is 10.6. The molecule has 0 spiro atoms. The van der Waals surface area contributed by atoms with Gasteiger partial charge in [0.15, 0.2) is 5.11 Å². The first kappa shape index (κ1) is 23.5. The minimum absolute atomic E-state index is 0.0878. The van der Waals surface area contributed by atoms with Crippen LogP contribution in [-0.4, -0.2) is 16.9 Å². The summed E-state index contributed by atoms with van der Waals surface area (Å²) in [6.45, 7) is 0. The molecule has 166 valence electrons. The van der Waals surface area contributed by atoms with E-state index in [2.05, 4.69) is 16.0 Å². The van der Waals surface area contributed by atoms with Gasteiger partial charge in [0.2, 0.25) is 0 Å². The highest BCUT2D eigenvalue weighted by atomic mass is 35.5. The van der Waals surface area contributed by atoms with Crippen molar-refractivity contribution in [1.82, 2.24) is 5.32 Å². The second-order valence-corrected chi connectivity index (χ2v) is 9.55. The Hall–Kier alpha value is -2.68. The van der Waals surface area contributed by atoms with E-state index in [1.54, 1.807) is 66.7 Å². The van der Waals surface area contributed by atoms with Gasteiger partial charge < -0.3 is 10.6 Å². The maximum atomic E-state index is 12.7. The minimum atomic E-state index is -0.430. The Bertz CT molecular complexity index is 1400. The zero-order valence-electron chi connectivity index (χ0n) is 16.6. The molecule has 4 rings (SSSR count). The zero-order chi connectivity index (χ0) is 23.5. The van der Waals surface area contributed by atoms with Crippen molar-refractivity contribution in [2.75, 3.05) is 10.6 Å². The molecule has 10 heteroatoms. The van der Waals surface area contributed by atoms with Crippen LogP contribution in [0.2, 0.25) is 15.1 Å². The molecule has 1 heterocycles. The van der Waals surface area contributed by atoms with Gasteiger partial charge in [-0.15, -0.1) is 11.3 Å². The number of hydrogen-bond donors (Lipinski definition) is 3. The van der Waals surface area contributed by atoms with Gasteiger partial charge in [-0.1, -0.05) is 53.0 Å². The van der Waals surface area contributed by atoms with Crippen molar-refractivity contribution in [1.29, 1.82) is 0 Å². The molecule has 3 aromatic carbocycles. The quantitative estimate of drug-likeness (QED) is 0.241. The van der Waals surface area contributed by atoms with Gasteiger partial charge in [0.1, 0.15) is 4.88 Å². The summed E-state index contributed by atoms with van der Waals surface area (Å²) in [6, 6.07) is 18.8. The summed E-state index contributed by atoms with van der Waals surface area (Å²) >= 11 is 24.8. The van der Waals surface area contributed by atoms with E-state index >= 15 is 0 Å². The number of fused-ring (bicyclic) bond motifs is 1. The van der Waals surface area contributed by atoms with Gasteiger partial charge in [0.05, 0.1) is 5.02 Å². The first-order chi connectivity index (χ1) is 15.8. The third-order valence-electron chi connectivity index (χ3n) is 4.49. The van der Waals surface area contributed by atoms with Gasteiger partial charge >= 0.3 is 0 Å². The Labute approximate surface area is 213 Å². The number of anilines is 2. The van der Waals surface area contributed by atoms with Crippen LogP contribution in [0.1, 0.15) is 20.0 Å². The molecule has 3 N–H and O–H groups in total. The van der Waals surface area contributed by atoms with E-state index in [9.17, 15) is 9.59 Å². The number of hydrogen-bond acceptors (Lipinski definition) is 4. The molecule has 5 nitrogen and oxygen atoms in total. The first-order valence-corrected chi connectivity index (χ1v) is 11.8. The van der Waals surface area contributed by atoms with Crippen LogP contribution < -0.4 is 16.0 Å². The third kappa shape index (κ3) is 5.63. The number of rotatable bonds is 4. The standard InChI is InChI=1S/C23H14Cl3N3O2S2/c24-13-4-1-3-12(9-13)21(30)27-15-5-2-6-16(11-15)28-23(32)29-22(31)20-19(26)17-8-7-14(25)10-18(17)33-20/h1-11H,(H,27,30)(H2,28,29,31,32). The Morgan fingerprint density at radius 3 is 2.24 bits per heavy atom. The van der Waals surface area contributed by atoms with Crippen LogP contribution in [0.3, 0.4) is 0 Å². The Morgan fingerprint density at radius 2 is 1.48 bits per heavy atom. The summed E-state index contributed by atoms with van der Waals surface area (Å²) in [5.74, 6) is -0.731. The largest absolute Gasteiger partial charge is 0.332 e. The van der Waals surface area contributed by atoms with Crippen LogP contribution in [0.25, 0.3) is 10.1 Å². The number of carbonyl (C=O) groups is 2. The fourth-order valence-corrected chi connectivity index (χ4v) is 5.10. The molecule has 2 amide bonds. The molecule has 0 aliphatic carbocycles. The fourth-order valence-electron chi connectivity index (χ4n) is 3.01. The van der Waals surface area contributed by atoms with Crippen LogP contribution in [0.4, 0.5) is 11.4 Å². The number of benzene rings is 3. The number of amides is 2. The van der Waals surface area contributed by atoms with Gasteiger partial charge in [-0.3, -0.25) is 14.9 Å². The molecule has 0 aliphatic heterocycles. The molecule has 0 unspecified atom stereocenters. The van der Waals surface area contributed by atoms with E-state index in [-0.39, 0.29) is 11.0 Å². The minimum Gasteiger partial charge on any atom is -0.332 e. The lowest BCUT2D eigenvalue weighted by molar-refractivity contribution is 0.0980. The molecule has 0 saturated heterocycles. The van der Waals surface area contributed by atoms with Crippen molar-refractivity contribution in [2.24, 2.45) is 0 Å². The summed E-state index contributed by atoms with van der Waals surface area (Å²) < 4.78 is 0.805. The third-order valence-corrected chi connectivity index (χ3v) is 6.82. The second kappa shape index (κ2) is 10.1. The molecule has 1 aromatic heterocycles. The summed E-state index contributed by atoms with van der Waals surface area (Å²) in [5.41, 5.74) is 1.56. The lowest BCUT2D eigenvalue weighted by Crippen LogP contribution is -2.33. The van der Waals surface area contributed by atoms with Crippen molar-refractivity contribution in [2.45, 2.75) is 0 Å². The summed E-state index contributed by atoms with van der Waals surface area (Å²) in [7, 11) is 0. The number of thiophene rings is 1. The van der Waals surface area contributed by atoms with Gasteiger partial charge in [-0.05, 0) is 60.7 Å². The molecule has 0 fully saturated rings. The SMILES string of the molecule is O=C(Nc1cccc(NC(=S)NC(=O)c2sc3cc(Cl)ccc3c2Cl)c1)c1cccc(Cl)c1. The summed E-state index contributed by atoms with van der Waals surface area (Å²) in [5, 5.41) is 10.6. The van der Waals surface area contributed by atoms with Crippen molar-refractivity contribution in [3.05, 3.63) is 92.2 Å². The Balaban J connectivity index is 1.42. The van der Waals surface area contributed by atoms with Crippen LogP contribution in [0.5, 0.6) is 0 Å². The molecule has 0 radical (unpaired) electrons. The van der Waals surface area contributed by atoms with E-state index in [1.165, 1.54) is 11.3 Å². The van der Waals surface area contributed by atoms with E-state index in [0.29, 0.717) is 36.9 Å². The highest BCUT2D eigenvalue weighted by molar-refractivity contribution is 7.80. The van der Waals surface area contributed by atoms with Crippen LogP contribution in [-0.2, 0) is 0 Å². The average Bonchev–Trinajstić information content (AvgIpc) is 3.09. The van der Waals surface area contributed by atoms with E-state index < -0.39 is 5.91 Å². The number of halogens is 3. The average molecular weight is 535 g/mol. The van der Waals surface area contributed by atoms with E-state index in [0.717, 1.165) is 10.1 Å². The smallest absolute Gasteiger partial charge is 0.269 e. The lowest BCUT2D eigenvalue weighted by Gasteiger charge is -2.11. The molecule has 0 saturated carbocycles. The topological polar surface area (TPSA) is 70.2 Å². The van der Waals surface area contributed by atoms with E-state index in [1.807, 2.05) is 0 Å². The zero-order valence-corrected chi connectivity index (χ0v) is 20.5. The molecular formula is C23H14Cl3N3O2S2. The van der Waals surface area contributed by atoms with Crippen LogP contribution in [0, 0.1) is 0 Å². The fraction of sp³-hybridized carbons (Fsp3) is 0. The van der Waals surface area contributed by atoms with Gasteiger partial charge in [0.25, 0.3) is 11.8 Å². The predicted octanol–water partition coefficient (Wildman–Crippen LogP) is 7.24. The highest BCUT2D eigenvalue weighted by Crippen LogP contribution is 2.36. The van der Waals surface area contributed by atoms with Gasteiger partial charge in [-0.2, -0.15) is 0 Å².